The molecule has 1 atom stereocenters. The molecule has 0 radical (unpaired) electrons. The van der Waals surface area contributed by atoms with Gasteiger partial charge >= 0.3 is 5.97 Å². The number of benzene rings is 1. The fourth-order valence-electron chi connectivity index (χ4n) is 3.37. The van der Waals surface area contributed by atoms with Crippen LogP contribution in [0.1, 0.15) is 46.9 Å². The Morgan fingerprint density at radius 2 is 1.90 bits per heavy atom. The number of nitrogens with zero attached hydrogens (tertiary/aromatic N) is 3. The van der Waals surface area contributed by atoms with Crippen molar-refractivity contribution in [3.63, 3.8) is 0 Å². The van der Waals surface area contributed by atoms with Crippen LogP contribution in [-0.2, 0) is 14.4 Å². The maximum Gasteiger partial charge on any atom is 0.356 e. The number of amides is 2. The zero-order chi connectivity index (χ0) is 21.1. The number of carbonyl (C=O) groups is 3. The summed E-state index contributed by atoms with van der Waals surface area (Å²) >= 11 is 0. The van der Waals surface area contributed by atoms with E-state index >= 15 is 0 Å². The molecule has 0 spiro atoms. The van der Waals surface area contributed by atoms with Crippen LogP contribution < -0.4 is 5.90 Å². The van der Waals surface area contributed by atoms with Gasteiger partial charge in [-0.25, -0.2) is 4.79 Å². The summed E-state index contributed by atoms with van der Waals surface area (Å²) in [6, 6.07) is 7.47. The first-order chi connectivity index (χ1) is 13.9. The summed E-state index contributed by atoms with van der Waals surface area (Å²) in [6.07, 6.45) is 4.92. The van der Waals surface area contributed by atoms with Gasteiger partial charge in [-0.1, -0.05) is 12.1 Å². The first-order valence-electron chi connectivity index (χ1n) is 9.13. The van der Waals surface area contributed by atoms with E-state index in [1.165, 1.54) is 11.8 Å². The summed E-state index contributed by atoms with van der Waals surface area (Å²) in [5.41, 5.74) is 3.04. The van der Waals surface area contributed by atoms with E-state index < -0.39 is 12.0 Å². The molecule has 0 saturated carbocycles. The van der Waals surface area contributed by atoms with Crippen LogP contribution in [0.2, 0.25) is 0 Å². The topological polar surface area (TPSA) is 106 Å². The Hall–Kier alpha value is -3.52. The van der Waals surface area contributed by atoms with Gasteiger partial charge in [0.1, 0.15) is 6.04 Å². The lowest BCUT2D eigenvalue weighted by atomic mass is 9.96. The molecule has 0 saturated heterocycles. The van der Waals surface area contributed by atoms with Gasteiger partial charge in [0.15, 0.2) is 0 Å². The van der Waals surface area contributed by atoms with E-state index in [-0.39, 0.29) is 17.4 Å². The Morgan fingerprint density at radius 3 is 2.45 bits per heavy atom. The highest BCUT2D eigenvalue weighted by atomic mass is 16.7. The van der Waals surface area contributed by atoms with Crippen molar-refractivity contribution in [2.75, 3.05) is 6.54 Å². The van der Waals surface area contributed by atoms with Crippen LogP contribution in [0.4, 0.5) is 0 Å². The zero-order valence-electron chi connectivity index (χ0n) is 16.5. The molecular weight excluding hydrogens is 372 g/mol. The minimum absolute atomic E-state index is 0.203. The second-order valence-corrected chi connectivity index (χ2v) is 6.65. The lowest BCUT2D eigenvalue weighted by Crippen LogP contribution is -2.47. The normalized spacial score (nSPS) is 16.5. The molecule has 1 aromatic carbocycles. The number of nitrogens with two attached hydrogens (primary N) is 1. The molecule has 2 amide bonds. The van der Waals surface area contributed by atoms with E-state index in [4.69, 9.17) is 5.90 Å². The summed E-state index contributed by atoms with van der Waals surface area (Å²) in [5.74, 6) is 3.79. The fourth-order valence-corrected chi connectivity index (χ4v) is 3.37. The molecule has 1 unspecified atom stereocenters. The highest BCUT2D eigenvalue weighted by Crippen LogP contribution is 2.37. The van der Waals surface area contributed by atoms with Crippen LogP contribution in [0.3, 0.4) is 0 Å². The minimum atomic E-state index is -0.824. The predicted octanol–water partition coefficient (Wildman–Crippen LogP) is 2.17. The SMILES string of the molecule is CCN1C=C(c2ccc(C(=O)ON)cc2)N(C(C)=O)C(c2cnccc2C)C1=O. The molecule has 0 bridgehead atoms. The van der Waals surface area contributed by atoms with Crippen molar-refractivity contribution in [1.29, 1.82) is 0 Å². The van der Waals surface area contributed by atoms with Gasteiger partial charge in [0.25, 0.3) is 5.91 Å². The summed E-state index contributed by atoms with van der Waals surface area (Å²) in [4.78, 5) is 48.8. The quantitative estimate of drug-likeness (QED) is 0.797. The maximum absolute atomic E-state index is 13.2. The van der Waals surface area contributed by atoms with Crippen molar-refractivity contribution in [3.05, 3.63) is 71.2 Å². The lowest BCUT2D eigenvalue weighted by Gasteiger charge is -2.39. The summed E-state index contributed by atoms with van der Waals surface area (Å²) in [5, 5.41) is 0. The molecule has 3 rings (SSSR count). The Labute approximate surface area is 168 Å². The van der Waals surface area contributed by atoms with Crippen molar-refractivity contribution in [2.45, 2.75) is 26.8 Å². The number of hydrogen-bond donors (Lipinski definition) is 1. The Bertz CT molecular complexity index is 984. The lowest BCUT2D eigenvalue weighted by molar-refractivity contribution is -0.141. The van der Waals surface area contributed by atoms with E-state index in [2.05, 4.69) is 9.82 Å². The molecule has 2 aromatic rings. The number of pyridine rings is 1. The second-order valence-electron chi connectivity index (χ2n) is 6.65. The Balaban J connectivity index is 2.14. The molecule has 1 aliphatic heterocycles. The van der Waals surface area contributed by atoms with Gasteiger partial charge in [-0.05, 0) is 43.2 Å². The Kier molecular flexibility index (Phi) is 5.74. The number of carbonyl (C=O) groups excluding carboxylic acids is 3. The molecule has 0 aliphatic carbocycles. The van der Waals surface area contributed by atoms with Crippen molar-refractivity contribution in [1.82, 2.24) is 14.8 Å². The van der Waals surface area contributed by atoms with Gasteiger partial charge in [0, 0.05) is 37.6 Å². The van der Waals surface area contributed by atoms with Crippen molar-refractivity contribution < 1.29 is 19.2 Å². The largest absolute Gasteiger partial charge is 0.370 e. The molecule has 0 fully saturated rings. The van der Waals surface area contributed by atoms with Crippen molar-refractivity contribution >= 4 is 23.5 Å². The van der Waals surface area contributed by atoms with E-state index in [1.54, 1.807) is 47.8 Å². The van der Waals surface area contributed by atoms with Crippen molar-refractivity contribution in [3.8, 4) is 0 Å². The van der Waals surface area contributed by atoms with E-state index in [9.17, 15) is 14.4 Å². The molecule has 29 heavy (non-hydrogen) atoms. The number of likely N-dealkylation sites (N-methyl/N-ethyl adjacent to an activating group) is 1. The molecular formula is C21H22N4O4. The summed E-state index contributed by atoms with van der Waals surface area (Å²) in [7, 11) is 0. The number of aromatic nitrogens is 1. The Morgan fingerprint density at radius 1 is 1.21 bits per heavy atom. The van der Waals surface area contributed by atoms with Crippen LogP contribution >= 0.6 is 0 Å². The number of hydrogen-bond acceptors (Lipinski definition) is 6. The minimum Gasteiger partial charge on any atom is -0.370 e. The molecule has 8 nitrogen and oxygen atoms in total. The molecule has 2 heterocycles. The van der Waals surface area contributed by atoms with Gasteiger partial charge in [0.2, 0.25) is 5.91 Å². The van der Waals surface area contributed by atoms with Gasteiger partial charge in [-0.3, -0.25) is 19.5 Å². The average molecular weight is 394 g/mol. The highest BCUT2D eigenvalue weighted by Gasteiger charge is 2.39. The third kappa shape index (κ3) is 3.74. The first kappa shape index (κ1) is 20.2. The third-order valence-corrected chi connectivity index (χ3v) is 4.89. The van der Waals surface area contributed by atoms with Gasteiger partial charge in [0.05, 0.1) is 11.3 Å². The molecule has 1 aliphatic rings. The standard InChI is InChI=1S/C21H22N4O4/c1-4-24-12-18(15-5-7-16(8-6-15)21(28)29-22)25(14(3)26)19(20(24)27)17-11-23-10-9-13(17)2/h5-12,19H,4,22H2,1-3H3. The monoisotopic (exact) mass is 394 g/mol. The predicted molar refractivity (Wildman–Crippen MR) is 106 cm³/mol. The van der Waals surface area contributed by atoms with Crippen LogP contribution in [0, 0.1) is 6.92 Å². The van der Waals surface area contributed by atoms with Crippen LogP contribution in [-0.4, -0.2) is 39.1 Å². The van der Waals surface area contributed by atoms with E-state index in [1.807, 2.05) is 19.9 Å². The van der Waals surface area contributed by atoms with Crippen molar-refractivity contribution in [2.24, 2.45) is 5.90 Å². The maximum atomic E-state index is 13.2. The smallest absolute Gasteiger partial charge is 0.356 e. The third-order valence-electron chi connectivity index (χ3n) is 4.89. The molecule has 2 N–H and O–H groups in total. The van der Waals surface area contributed by atoms with Crippen LogP contribution in [0.25, 0.3) is 5.70 Å². The summed E-state index contributed by atoms with van der Waals surface area (Å²) in [6.45, 7) is 5.61. The molecule has 1 aromatic heterocycles. The van der Waals surface area contributed by atoms with Crippen LogP contribution in [0.15, 0.2) is 48.9 Å². The molecule has 150 valence electrons. The van der Waals surface area contributed by atoms with Gasteiger partial charge in [-0.2, -0.15) is 5.90 Å². The second kappa shape index (κ2) is 8.24. The fraction of sp³-hybridized carbons (Fsp3) is 0.238. The number of aryl methyl sites for hydroxylation is 1. The zero-order valence-corrected chi connectivity index (χ0v) is 16.5. The van der Waals surface area contributed by atoms with E-state index in [0.717, 1.165) is 5.56 Å². The summed E-state index contributed by atoms with van der Waals surface area (Å²) < 4.78 is 0. The van der Waals surface area contributed by atoms with E-state index in [0.29, 0.717) is 23.4 Å². The highest BCUT2D eigenvalue weighted by molar-refractivity contribution is 5.98. The average Bonchev–Trinajstić information content (AvgIpc) is 2.73. The first-order valence-corrected chi connectivity index (χ1v) is 9.13. The van der Waals surface area contributed by atoms with Gasteiger partial charge < -0.3 is 9.74 Å². The molecule has 8 heteroatoms. The number of rotatable bonds is 4. The van der Waals surface area contributed by atoms with Gasteiger partial charge in [-0.15, -0.1) is 0 Å². The van der Waals surface area contributed by atoms with Crippen LogP contribution in [0.5, 0.6) is 0 Å².